The second kappa shape index (κ2) is 5.59. The molecule has 1 aromatic heterocycles. The molecule has 4 nitrogen and oxygen atoms in total. The van der Waals surface area contributed by atoms with Crippen LogP contribution in [0.5, 0.6) is 0 Å². The SMILES string of the molecule is CCOC(=O)NCCc1nc(C)cs1. The summed E-state index contributed by atoms with van der Waals surface area (Å²) in [7, 11) is 0. The number of nitrogens with zero attached hydrogens (tertiary/aromatic N) is 1. The molecule has 1 N–H and O–H groups in total. The summed E-state index contributed by atoms with van der Waals surface area (Å²) >= 11 is 1.61. The summed E-state index contributed by atoms with van der Waals surface area (Å²) < 4.78 is 4.72. The fraction of sp³-hybridized carbons (Fsp3) is 0.556. The molecule has 0 aliphatic heterocycles. The maximum atomic E-state index is 10.9. The molecule has 0 aromatic carbocycles. The molecule has 0 atom stereocenters. The van der Waals surface area contributed by atoms with E-state index < -0.39 is 0 Å². The zero-order valence-electron chi connectivity index (χ0n) is 8.37. The lowest BCUT2D eigenvalue weighted by atomic mass is 10.4. The fourth-order valence-corrected chi connectivity index (χ4v) is 1.75. The van der Waals surface area contributed by atoms with Crippen LogP contribution in [0.15, 0.2) is 5.38 Å². The van der Waals surface area contributed by atoms with Crippen molar-refractivity contribution in [3.63, 3.8) is 0 Å². The summed E-state index contributed by atoms with van der Waals surface area (Å²) in [5.74, 6) is 0. The predicted octanol–water partition coefficient (Wildman–Crippen LogP) is 1.74. The van der Waals surface area contributed by atoms with Crippen LogP contribution < -0.4 is 5.32 Å². The van der Waals surface area contributed by atoms with Gasteiger partial charge < -0.3 is 10.1 Å². The van der Waals surface area contributed by atoms with E-state index in [1.54, 1.807) is 18.3 Å². The number of hydrogen-bond acceptors (Lipinski definition) is 4. The predicted molar refractivity (Wildman–Crippen MR) is 55.6 cm³/mol. The van der Waals surface area contributed by atoms with Gasteiger partial charge in [0.05, 0.1) is 11.6 Å². The van der Waals surface area contributed by atoms with Crippen LogP contribution in [0.3, 0.4) is 0 Å². The molecule has 0 aliphatic rings. The lowest BCUT2D eigenvalue weighted by molar-refractivity contribution is 0.152. The summed E-state index contributed by atoms with van der Waals surface area (Å²) in [6, 6.07) is 0. The lowest BCUT2D eigenvalue weighted by Crippen LogP contribution is -2.26. The zero-order valence-corrected chi connectivity index (χ0v) is 9.19. The lowest BCUT2D eigenvalue weighted by Gasteiger charge is -2.02. The Bertz CT molecular complexity index is 299. The van der Waals surface area contributed by atoms with Gasteiger partial charge in [0.2, 0.25) is 0 Å². The molecule has 78 valence electrons. The van der Waals surface area contributed by atoms with Gasteiger partial charge in [0, 0.05) is 24.0 Å². The quantitative estimate of drug-likeness (QED) is 0.830. The molecule has 1 rings (SSSR count). The first kappa shape index (κ1) is 11.0. The number of carbonyl (C=O) groups is 1. The monoisotopic (exact) mass is 214 g/mol. The minimum Gasteiger partial charge on any atom is -0.450 e. The average Bonchev–Trinajstić information content (AvgIpc) is 2.52. The first-order chi connectivity index (χ1) is 6.72. The highest BCUT2D eigenvalue weighted by molar-refractivity contribution is 7.09. The van der Waals surface area contributed by atoms with E-state index in [9.17, 15) is 4.79 Å². The van der Waals surface area contributed by atoms with Gasteiger partial charge in [0.25, 0.3) is 0 Å². The van der Waals surface area contributed by atoms with Crippen molar-refractivity contribution in [3.8, 4) is 0 Å². The van der Waals surface area contributed by atoms with E-state index in [2.05, 4.69) is 10.3 Å². The maximum absolute atomic E-state index is 10.9. The van der Waals surface area contributed by atoms with Gasteiger partial charge in [-0.15, -0.1) is 11.3 Å². The van der Waals surface area contributed by atoms with Crippen molar-refractivity contribution in [3.05, 3.63) is 16.1 Å². The van der Waals surface area contributed by atoms with Gasteiger partial charge >= 0.3 is 6.09 Å². The summed E-state index contributed by atoms with van der Waals surface area (Å²) in [6.07, 6.45) is 0.401. The van der Waals surface area contributed by atoms with E-state index in [-0.39, 0.29) is 6.09 Å². The van der Waals surface area contributed by atoms with Gasteiger partial charge in [0.15, 0.2) is 0 Å². The Labute approximate surface area is 87.3 Å². The standard InChI is InChI=1S/C9H14N2O2S/c1-3-13-9(12)10-5-4-8-11-7(2)6-14-8/h6H,3-5H2,1-2H3,(H,10,12). The van der Waals surface area contributed by atoms with Gasteiger partial charge in [-0.05, 0) is 13.8 Å². The topological polar surface area (TPSA) is 51.2 Å². The van der Waals surface area contributed by atoms with E-state index in [1.165, 1.54) is 0 Å². The molecule has 1 heterocycles. The molecule has 14 heavy (non-hydrogen) atoms. The van der Waals surface area contributed by atoms with Crippen molar-refractivity contribution in [1.29, 1.82) is 0 Å². The van der Waals surface area contributed by atoms with E-state index in [0.29, 0.717) is 13.2 Å². The maximum Gasteiger partial charge on any atom is 0.407 e. The molecule has 1 amide bonds. The Kier molecular flexibility index (Phi) is 4.39. The molecule has 0 spiro atoms. The first-order valence-electron chi connectivity index (χ1n) is 4.54. The van der Waals surface area contributed by atoms with Crippen LogP contribution in [0.1, 0.15) is 17.6 Å². The number of nitrogens with one attached hydrogen (secondary N) is 1. The van der Waals surface area contributed by atoms with Crippen LogP contribution in [-0.2, 0) is 11.2 Å². The van der Waals surface area contributed by atoms with Crippen molar-refractivity contribution >= 4 is 17.4 Å². The van der Waals surface area contributed by atoms with Gasteiger partial charge in [-0.25, -0.2) is 9.78 Å². The van der Waals surface area contributed by atoms with Crippen LogP contribution in [-0.4, -0.2) is 24.2 Å². The van der Waals surface area contributed by atoms with Gasteiger partial charge in [-0.3, -0.25) is 0 Å². The summed E-state index contributed by atoms with van der Waals surface area (Å²) in [5, 5.41) is 5.69. The van der Waals surface area contributed by atoms with E-state index in [4.69, 9.17) is 4.74 Å². The third-order valence-electron chi connectivity index (χ3n) is 1.55. The summed E-state index contributed by atoms with van der Waals surface area (Å²) in [6.45, 7) is 4.72. The largest absolute Gasteiger partial charge is 0.450 e. The summed E-state index contributed by atoms with van der Waals surface area (Å²) in [4.78, 5) is 15.2. The number of aryl methyl sites for hydroxylation is 1. The second-order valence-corrected chi connectivity index (χ2v) is 3.72. The van der Waals surface area contributed by atoms with Gasteiger partial charge in [-0.2, -0.15) is 0 Å². The molecular weight excluding hydrogens is 200 g/mol. The van der Waals surface area contributed by atoms with Gasteiger partial charge in [-0.1, -0.05) is 0 Å². The smallest absolute Gasteiger partial charge is 0.407 e. The third kappa shape index (κ3) is 3.74. The number of rotatable bonds is 4. The molecule has 0 saturated carbocycles. The van der Waals surface area contributed by atoms with E-state index >= 15 is 0 Å². The number of hydrogen-bond donors (Lipinski definition) is 1. The van der Waals surface area contributed by atoms with Crippen molar-refractivity contribution in [2.75, 3.05) is 13.2 Å². The number of ether oxygens (including phenoxy) is 1. The Morgan fingerprint density at radius 3 is 3.07 bits per heavy atom. The van der Waals surface area contributed by atoms with E-state index in [0.717, 1.165) is 17.1 Å². The molecule has 0 aliphatic carbocycles. The van der Waals surface area contributed by atoms with Crippen LogP contribution in [0.25, 0.3) is 0 Å². The number of aromatic nitrogens is 1. The molecular formula is C9H14N2O2S. The highest BCUT2D eigenvalue weighted by Gasteiger charge is 2.01. The minimum atomic E-state index is -0.360. The van der Waals surface area contributed by atoms with Crippen molar-refractivity contribution in [1.82, 2.24) is 10.3 Å². The molecule has 0 bridgehead atoms. The number of alkyl carbamates (subject to hydrolysis) is 1. The summed E-state index contributed by atoms with van der Waals surface area (Å²) in [5.41, 5.74) is 1.03. The van der Waals surface area contributed by atoms with Crippen molar-refractivity contribution < 1.29 is 9.53 Å². The van der Waals surface area contributed by atoms with Crippen LogP contribution in [0.2, 0.25) is 0 Å². The Hall–Kier alpha value is -1.10. The molecule has 0 saturated heterocycles. The van der Waals surface area contributed by atoms with Crippen molar-refractivity contribution in [2.45, 2.75) is 20.3 Å². The van der Waals surface area contributed by atoms with Gasteiger partial charge in [0.1, 0.15) is 0 Å². The highest BCUT2D eigenvalue weighted by Crippen LogP contribution is 2.08. The molecule has 5 heteroatoms. The van der Waals surface area contributed by atoms with Crippen LogP contribution in [0, 0.1) is 6.92 Å². The van der Waals surface area contributed by atoms with Crippen LogP contribution >= 0.6 is 11.3 Å². The first-order valence-corrected chi connectivity index (χ1v) is 5.42. The minimum absolute atomic E-state index is 0.360. The van der Waals surface area contributed by atoms with E-state index in [1.807, 2.05) is 12.3 Å². The van der Waals surface area contributed by atoms with Crippen molar-refractivity contribution in [2.24, 2.45) is 0 Å². The number of amides is 1. The molecule has 0 radical (unpaired) electrons. The third-order valence-corrected chi connectivity index (χ3v) is 2.58. The zero-order chi connectivity index (χ0) is 10.4. The highest BCUT2D eigenvalue weighted by atomic mass is 32.1. The Balaban J connectivity index is 2.18. The number of thiazole rings is 1. The second-order valence-electron chi connectivity index (χ2n) is 2.78. The number of carbonyl (C=O) groups excluding carboxylic acids is 1. The Morgan fingerprint density at radius 1 is 1.71 bits per heavy atom. The Morgan fingerprint density at radius 2 is 2.50 bits per heavy atom. The molecule has 0 fully saturated rings. The molecule has 0 unspecified atom stereocenters. The van der Waals surface area contributed by atoms with Crippen LogP contribution in [0.4, 0.5) is 4.79 Å². The average molecular weight is 214 g/mol. The molecule has 1 aromatic rings. The fourth-order valence-electron chi connectivity index (χ4n) is 0.971. The normalized spacial score (nSPS) is 9.86.